The monoisotopic (exact) mass is 173 g/mol. The Hall–Kier alpha value is -1.11. The van der Waals surface area contributed by atoms with Gasteiger partial charge in [-0.25, -0.2) is 0 Å². The third kappa shape index (κ3) is 2.18. The summed E-state index contributed by atoms with van der Waals surface area (Å²) in [5, 5.41) is 0. The van der Waals surface area contributed by atoms with Crippen LogP contribution in [0.2, 0.25) is 0 Å². The Morgan fingerprint density at radius 3 is 3.00 bits per heavy atom. The summed E-state index contributed by atoms with van der Waals surface area (Å²) in [5.74, 6) is 0. The zero-order chi connectivity index (χ0) is 8.93. The molecule has 2 rings (SSSR count). The van der Waals surface area contributed by atoms with E-state index in [0.717, 1.165) is 0 Å². The average molecular weight is 173 g/mol. The summed E-state index contributed by atoms with van der Waals surface area (Å²) in [6, 6.07) is 4.17. The molecule has 0 aromatic carbocycles. The Morgan fingerprint density at radius 2 is 2.15 bits per heavy atom. The van der Waals surface area contributed by atoms with Gasteiger partial charge in [-0.15, -0.1) is 0 Å². The first-order valence-electron chi connectivity index (χ1n) is 5.06. The minimum atomic E-state index is 1.23. The van der Waals surface area contributed by atoms with Crippen molar-refractivity contribution >= 4 is 5.57 Å². The largest absolute Gasteiger partial charge is 0.264 e. The second-order valence-corrected chi connectivity index (χ2v) is 3.57. The van der Waals surface area contributed by atoms with Crippen LogP contribution in [0.15, 0.2) is 30.6 Å². The molecule has 0 aliphatic heterocycles. The summed E-state index contributed by atoms with van der Waals surface area (Å²) in [6.07, 6.45) is 12.7. The van der Waals surface area contributed by atoms with Crippen molar-refractivity contribution in [1.29, 1.82) is 0 Å². The molecular weight excluding hydrogens is 158 g/mol. The first-order chi connectivity index (χ1) is 6.47. The summed E-state index contributed by atoms with van der Waals surface area (Å²) >= 11 is 0. The van der Waals surface area contributed by atoms with Crippen molar-refractivity contribution in [2.45, 2.75) is 32.1 Å². The maximum absolute atomic E-state index is 4.15. The molecule has 0 unspecified atom stereocenters. The Kier molecular flexibility index (Phi) is 2.75. The van der Waals surface area contributed by atoms with E-state index in [-0.39, 0.29) is 0 Å². The lowest BCUT2D eigenvalue weighted by Crippen LogP contribution is -1.84. The van der Waals surface area contributed by atoms with Crippen molar-refractivity contribution in [3.05, 3.63) is 36.2 Å². The van der Waals surface area contributed by atoms with Crippen LogP contribution in [-0.2, 0) is 0 Å². The zero-order valence-corrected chi connectivity index (χ0v) is 7.87. The molecule has 0 fully saturated rings. The quantitative estimate of drug-likeness (QED) is 0.634. The number of aromatic nitrogens is 1. The van der Waals surface area contributed by atoms with Gasteiger partial charge in [-0.05, 0) is 42.9 Å². The zero-order valence-electron chi connectivity index (χ0n) is 7.87. The maximum Gasteiger partial charge on any atom is 0.0342 e. The first kappa shape index (κ1) is 8.49. The Bertz CT molecular complexity index is 287. The molecule has 0 N–H and O–H groups in total. The van der Waals surface area contributed by atoms with Crippen molar-refractivity contribution in [1.82, 2.24) is 4.98 Å². The van der Waals surface area contributed by atoms with Crippen LogP contribution in [0.1, 0.15) is 37.7 Å². The van der Waals surface area contributed by atoms with Crippen LogP contribution < -0.4 is 0 Å². The molecule has 0 saturated heterocycles. The number of nitrogens with zero attached hydrogens (tertiary/aromatic N) is 1. The van der Waals surface area contributed by atoms with E-state index in [9.17, 15) is 0 Å². The first-order valence-corrected chi connectivity index (χ1v) is 5.06. The lowest BCUT2D eigenvalue weighted by molar-refractivity contribution is 0.720. The van der Waals surface area contributed by atoms with Crippen LogP contribution in [0.5, 0.6) is 0 Å². The molecule has 1 heteroatoms. The van der Waals surface area contributed by atoms with Crippen molar-refractivity contribution in [2.24, 2.45) is 0 Å². The fourth-order valence-corrected chi connectivity index (χ4v) is 1.83. The number of allylic oxidation sites excluding steroid dienone is 2. The van der Waals surface area contributed by atoms with Gasteiger partial charge in [-0.1, -0.05) is 18.6 Å². The van der Waals surface area contributed by atoms with Gasteiger partial charge in [-0.2, -0.15) is 0 Å². The highest BCUT2D eigenvalue weighted by Crippen LogP contribution is 2.24. The molecule has 0 atom stereocenters. The smallest absolute Gasteiger partial charge is 0.0342 e. The third-order valence-electron chi connectivity index (χ3n) is 2.57. The van der Waals surface area contributed by atoms with Crippen LogP contribution in [0, 0.1) is 0 Å². The van der Waals surface area contributed by atoms with E-state index in [1.54, 1.807) is 0 Å². The minimum absolute atomic E-state index is 1.23. The second-order valence-electron chi connectivity index (χ2n) is 3.57. The predicted molar refractivity (Wildman–Crippen MR) is 55.3 cm³/mol. The molecule has 1 heterocycles. The van der Waals surface area contributed by atoms with Gasteiger partial charge in [0, 0.05) is 12.4 Å². The average Bonchev–Trinajstić information content (AvgIpc) is 2.47. The van der Waals surface area contributed by atoms with E-state index in [1.807, 2.05) is 18.5 Å². The predicted octanol–water partition coefficient (Wildman–Crippen LogP) is 3.43. The highest BCUT2D eigenvalue weighted by molar-refractivity contribution is 5.64. The molecule has 1 aliphatic carbocycles. The number of hydrogen-bond acceptors (Lipinski definition) is 1. The van der Waals surface area contributed by atoms with Crippen molar-refractivity contribution in [3.8, 4) is 0 Å². The highest BCUT2D eigenvalue weighted by Gasteiger charge is 2.04. The van der Waals surface area contributed by atoms with Gasteiger partial charge in [0.2, 0.25) is 0 Å². The molecule has 1 nitrogen and oxygen atoms in total. The Balaban J connectivity index is 2.19. The SMILES string of the molecule is C1=C(c2cccnc2)CCCCC1. The third-order valence-corrected chi connectivity index (χ3v) is 2.57. The van der Waals surface area contributed by atoms with E-state index in [1.165, 1.54) is 43.2 Å². The molecule has 1 aromatic rings. The molecule has 0 spiro atoms. The topological polar surface area (TPSA) is 12.9 Å². The normalized spacial score (nSPS) is 17.7. The second kappa shape index (κ2) is 4.22. The molecule has 0 radical (unpaired) electrons. The summed E-state index contributed by atoms with van der Waals surface area (Å²) in [4.78, 5) is 4.15. The number of rotatable bonds is 1. The highest BCUT2D eigenvalue weighted by atomic mass is 14.6. The van der Waals surface area contributed by atoms with Crippen molar-refractivity contribution in [2.75, 3.05) is 0 Å². The van der Waals surface area contributed by atoms with Gasteiger partial charge in [0.15, 0.2) is 0 Å². The summed E-state index contributed by atoms with van der Waals surface area (Å²) in [5.41, 5.74) is 2.80. The Morgan fingerprint density at radius 1 is 1.15 bits per heavy atom. The molecule has 13 heavy (non-hydrogen) atoms. The van der Waals surface area contributed by atoms with Crippen LogP contribution in [-0.4, -0.2) is 4.98 Å². The van der Waals surface area contributed by atoms with Gasteiger partial charge in [-0.3, -0.25) is 4.98 Å². The molecule has 0 amide bonds. The van der Waals surface area contributed by atoms with E-state index < -0.39 is 0 Å². The molecule has 1 aromatic heterocycles. The minimum Gasteiger partial charge on any atom is -0.264 e. The summed E-state index contributed by atoms with van der Waals surface area (Å²) in [6.45, 7) is 0. The van der Waals surface area contributed by atoms with Crippen LogP contribution >= 0.6 is 0 Å². The molecule has 0 bridgehead atoms. The number of hydrogen-bond donors (Lipinski definition) is 0. The lowest BCUT2D eigenvalue weighted by Gasteiger charge is -2.03. The van der Waals surface area contributed by atoms with E-state index in [0.29, 0.717) is 0 Å². The van der Waals surface area contributed by atoms with Gasteiger partial charge < -0.3 is 0 Å². The molecule has 1 aliphatic rings. The maximum atomic E-state index is 4.15. The van der Waals surface area contributed by atoms with Gasteiger partial charge in [0.25, 0.3) is 0 Å². The summed E-state index contributed by atoms with van der Waals surface area (Å²) in [7, 11) is 0. The fourth-order valence-electron chi connectivity index (χ4n) is 1.83. The summed E-state index contributed by atoms with van der Waals surface area (Å²) < 4.78 is 0. The lowest BCUT2D eigenvalue weighted by atomic mass is 10.0. The van der Waals surface area contributed by atoms with Crippen LogP contribution in [0.25, 0.3) is 5.57 Å². The van der Waals surface area contributed by atoms with Gasteiger partial charge in [0.05, 0.1) is 0 Å². The van der Waals surface area contributed by atoms with Crippen LogP contribution in [0.4, 0.5) is 0 Å². The van der Waals surface area contributed by atoms with Crippen molar-refractivity contribution in [3.63, 3.8) is 0 Å². The van der Waals surface area contributed by atoms with E-state index in [2.05, 4.69) is 17.1 Å². The molecule has 0 saturated carbocycles. The van der Waals surface area contributed by atoms with Gasteiger partial charge in [0.1, 0.15) is 0 Å². The standard InChI is InChI=1S/C12H15N/c1-2-4-7-11(6-3-1)12-8-5-9-13-10-12/h5-6,8-10H,1-4,7H2. The Labute approximate surface area is 79.5 Å². The van der Waals surface area contributed by atoms with E-state index in [4.69, 9.17) is 0 Å². The number of pyridine rings is 1. The van der Waals surface area contributed by atoms with Crippen LogP contribution in [0.3, 0.4) is 0 Å². The fraction of sp³-hybridized carbons (Fsp3) is 0.417. The molecule has 68 valence electrons. The van der Waals surface area contributed by atoms with E-state index >= 15 is 0 Å². The van der Waals surface area contributed by atoms with Gasteiger partial charge >= 0.3 is 0 Å². The molecular formula is C12H15N. The van der Waals surface area contributed by atoms with Crippen molar-refractivity contribution < 1.29 is 0 Å².